The van der Waals surface area contributed by atoms with Crippen molar-refractivity contribution in [3.8, 4) is 0 Å². The van der Waals surface area contributed by atoms with Gasteiger partial charge >= 0.3 is 6.09 Å². The molecule has 6 aromatic carbocycles. The molecule has 2 aliphatic carbocycles. The lowest BCUT2D eigenvalue weighted by molar-refractivity contribution is 0.0975. The topological polar surface area (TPSA) is 125 Å². The molecule has 11 heteroatoms. The monoisotopic (exact) mass is 777 g/mol. The third-order valence-corrected chi connectivity index (χ3v) is 12.8. The highest BCUT2D eigenvalue weighted by Crippen LogP contribution is 2.44. The van der Waals surface area contributed by atoms with E-state index < -0.39 is 6.09 Å². The first-order valence-corrected chi connectivity index (χ1v) is 19.6. The predicted molar refractivity (Wildman–Crippen MR) is 221 cm³/mol. The van der Waals surface area contributed by atoms with Crippen LogP contribution in [0.5, 0.6) is 0 Å². The van der Waals surface area contributed by atoms with E-state index in [-0.39, 0.29) is 40.9 Å². The third kappa shape index (κ3) is 5.17. The lowest BCUT2D eigenvalue weighted by atomic mass is 10.0. The van der Waals surface area contributed by atoms with Crippen LogP contribution in [0.3, 0.4) is 0 Å². The number of Topliss-reactive ketones (excluding diaryl/α,β-unsaturated/α-hetero) is 4. The van der Waals surface area contributed by atoms with Gasteiger partial charge in [-0.1, -0.05) is 83.7 Å². The summed E-state index contributed by atoms with van der Waals surface area (Å²) >= 11 is 2.74. The lowest BCUT2D eigenvalue weighted by Crippen LogP contribution is -2.16. The normalized spacial score (nSPS) is 13.8. The Bertz CT molecular complexity index is 3090. The molecule has 0 spiro atoms. The maximum Gasteiger partial charge on any atom is 0.452 e. The van der Waals surface area contributed by atoms with Crippen LogP contribution in [0.4, 0.5) is 4.79 Å². The maximum absolute atomic E-state index is 13.7. The van der Waals surface area contributed by atoms with Crippen molar-refractivity contribution in [1.82, 2.24) is 15.0 Å². The Morgan fingerprint density at radius 1 is 0.544 bits per heavy atom. The first kappa shape index (κ1) is 33.2. The highest BCUT2D eigenvalue weighted by Gasteiger charge is 2.35. The van der Waals surface area contributed by atoms with Gasteiger partial charge in [0.2, 0.25) is 0 Å². The van der Waals surface area contributed by atoms with Crippen LogP contribution >= 0.6 is 22.7 Å². The van der Waals surface area contributed by atoms with E-state index >= 15 is 0 Å². The van der Waals surface area contributed by atoms with E-state index in [0.717, 1.165) is 41.3 Å². The van der Waals surface area contributed by atoms with Gasteiger partial charge in [-0.2, -0.15) is 0 Å². The Labute approximate surface area is 329 Å². The third-order valence-electron chi connectivity index (χ3n) is 10.5. The second-order valence-electron chi connectivity index (χ2n) is 13.9. The van der Waals surface area contributed by atoms with Crippen LogP contribution in [0.1, 0.15) is 56.7 Å². The number of fused-ring (bicyclic) bond motifs is 10. The highest BCUT2D eigenvalue weighted by atomic mass is 32.1. The maximum atomic E-state index is 13.7. The van der Waals surface area contributed by atoms with E-state index in [1.165, 1.54) is 22.7 Å². The van der Waals surface area contributed by atoms with Gasteiger partial charge in [-0.05, 0) is 75.7 Å². The molecular weight excluding hydrogens is 755 g/mol. The average molecular weight is 778 g/mol. The molecule has 57 heavy (non-hydrogen) atoms. The van der Waals surface area contributed by atoms with Crippen LogP contribution in [-0.2, 0) is 11.3 Å². The fourth-order valence-electron chi connectivity index (χ4n) is 7.74. The SMILES string of the molecule is O=C1C(=Cc2cc3c4nn(C(=O)OCc5ccccc5)nc4c4cc(C=C5C(=O)c6cc7ccccc7cc6C5=O)sc4c3s2)C(=O)c2cc3ccccc3cc21. The van der Waals surface area contributed by atoms with E-state index in [1.54, 1.807) is 36.4 Å². The zero-order valence-corrected chi connectivity index (χ0v) is 31.1. The van der Waals surface area contributed by atoms with Crippen molar-refractivity contribution < 1.29 is 28.7 Å². The fourth-order valence-corrected chi connectivity index (χ4v) is 10.1. The van der Waals surface area contributed by atoms with Gasteiger partial charge in [0.15, 0.2) is 23.1 Å². The molecule has 0 saturated heterocycles. The molecule has 2 aliphatic rings. The van der Waals surface area contributed by atoms with E-state index in [2.05, 4.69) is 10.2 Å². The standard InChI is InChI=1S/C46H23N3O6S2/c50-40-30-14-24-10-4-5-11-25(24)15-31(30)41(51)36(40)20-28-18-34-38-39(48-49(47-38)46(54)55-22-23-8-2-1-3-9-23)35-19-29(57-45(35)44(34)56-28)21-37-42(52)32-16-26-12-6-7-13-27(26)17-33(32)43(37)53/h1-21H,22H2. The molecule has 0 amide bonds. The number of nitrogens with zero attached hydrogens (tertiary/aromatic N) is 3. The van der Waals surface area contributed by atoms with Gasteiger partial charge in [0.25, 0.3) is 0 Å². The van der Waals surface area contributed by atoms with E-state index in [9.17, 15) is 24.0 Å². The highest BCUT2D eigenvalue weighted by molar-refractivity contribution is 7.28. The van der Waals surface area contributed by atoms with Gasteiger partial charge in [-0.15, -0.1) is 32.9 Å². The summed E-state index contributed by atoms with van der Waals surface area (Å²) in [7, 11) is 0. The number of ketones is 4. The molecule has 0 aliphatic heterocycles. The van der Waals surface area contributed by atoms with Gasteiger partial charge in [-0.3, -0.25) is 19.2 Å². The minimum Gasteiger partial charge on any atom is -0.442 e. The van der Waals surface area contributed by atoms with Crippen LogP contribution in [0.25, 0.3) is 64.9 Å². The summed E-state index contributed by atoms with van der Waals surface area (Å²) in [4.78, 5) is 70.3. The number of thiophene rings is 2. The zero-order valence-electron chi connectivity index (χ0n) is 29.4. The molecule has 0 radical (unpaired) electrons. The number of allylic oxidation sites excluding steroid dienone is 2. The van der Waals surface area contributed by atoms with Crippen molar-refractivity contribution in [2.45, 2.75) is 6.61 Å². The lowest BCUT2D eigenvalue weighted by Gasteiger charge is -2.02. The number of rotatable bonds is 4. The Kier molecular flexibility index (Phi) is 7.21. The van der Waals surface area contributed by atoms with Gasteiger partial charge in [0.05, 0.1) is 20.5 Å². The van der Waals surface area contributed by atoms with Gasteiger partial charge in [0, 0.05) is 42.8 Å². The first-order valence-electron chi connectivity index (χ1n) is 17.9. The summed E-state index contributed by atoms with van der Waals surface area (Å²) in [5, 5.41) is 14.0. The van der Waals surface area contributed by atoms with Crippen molar-refractivity contribution >= 4 is 117 Å². The Morgan fingerprint density at radius 2 is 0.930 bits per heavy atom. The molecule has 0 unspecified atom stereocenters. The summed E-state index contributed by atoms with van der Waals surface area (Å²) in [5.41, 5.74) is 3.24. The Morgan fingerprint density at radius 3 is 1.33 bits per heavy atom. The molecule has 0 N–H and O–H groups in total. The number of benzene rings is 6. The molecule has 3 heterocycles. The Balaban J connectivity index is 1.04. The summed E-state index contributed by atoms with van der Waals surface area (Å²) in [5.74, 6) is -1.37. The summed E-state index contributed by atoms with van der Waals surface area (Å²) in [6.45, 7) is 0.0226. The number of carbonyl (C=O) groups excluding carboxylic acids is 5. The van der Waals surface area contributed by atoms with Gasteiger partial charge < -0.3 is 4.74 Å². The van der Waals surface area contributed by atoms with Crippen LogP contribution in [0.15, 0.2) is 126 Å². The molecule has 0 saturated carbocycles. The molecule has 0 fully saturated rings. The van der Waals surface area contributed by atoms with Gasteiger partial charge in [-0.25, -0.2) is 4.79 Å². The fraction of sp³-hybridized carbons (Fsp3) is 0.0217. The van der Waals surface area contributed by atoms with Crippen molar-refractivity contribution in [1.29, 1.82) is 0 Å². The largest absolute Gasteiger partial charge is 0.452 e. The molecule has 3 aromatic heterocycles. The summed E-state index contributed by atoms with van der Waals surface area (Å²) in [6.07, 6.45) is 2.46. The first-order chi connectivity index (χ1) is 27.8. The van der Waals surface area contributed by atoms with Crippen molar-refractivity contribution in [3.63, 3.8) is 0 Å². The van der Waals surface area contributed by atoms with E-state index in [1.807, 2.05) is 91.0 Å². The van der Waals surface area contributed by atoms with Gasteiger partial charge in [0.1, 0.15) is 17.6 Å². The van der Waals surface area contributed by atoms with Crippen molar-refractivity contribution in [2.24, 2.45) is 0 Å². The number of aromatic nitrogens is 3. The number of ether oxygens (including phenoxy) is 1. The number of carbonyl (C=O) groups is 5. The molecule has 0 atom stereocenters. The summed E-state index contributed by atoms with van der Waals surface area (Å²) in [6, 6.07) is 35.2. The quantitative estimate of drug-likeness (QED) is 0.128. The summed E-state index contributed by atoms with van der Waals surface area (Å²) < 4.78 is 7.12. The molecule has 270 valence electrons. The Hall–Kier alpha value is -7.21. The van der Waals surface area contributed by atoms with E-state index in [0.29, 0.717) is 53.8 Å². The number of hydrogen-bond donors (Lipinski definition) is 0. The van der Waals surface area contributed by atoms with Crippen LogP contribution < -0.4 is 0 Å². The second kappa shape index (κ2) is 12.4. The minimum absolute atomic E-state index is 0.0226. The zero-order chi connectivity index (χ0) is 38.5. The van der Waals surface area contributed by atoms with Crippen molar-refractivity contribution in [2.75, 3.05) is 0 Å². The molecule has 9 nitrogen and oxygen atoms in total. The second-order valence-corrected chi connectivity index (χ2v) is 16.1. The smallest absolute Gasteiger partial charge is 0.442 e. The molecule has 0 bridgehead atoms. The molecule has 11 rings (SSSR count). The number of hydrogen-bond acceptors (Lipinski definition) is 10. The average Bonchev–Trinajstić information content (AvgIpc) is 4.05. The predicted octanol–water partition coefficient (Wildman–Crippen LogP) is 10.3. The molecule has 9 aromatic rings. The minimum atomic E-state index is -0.772. The van der Waals surface area contributed by atoms with E-state index in [4.69, 9.17) is 4.74 Å². The van der Waals surface area contributed by atoms with Crippen molar-refractivity contribution in [3.05, 3.63) is 164 Å². The molecular formula is C46H23N3O6S2. The van der Waals surface area contributed by atoms with Crippen LogP contribution in [0, 0.1) is 0 Å². The van der Waals surface area contributed by atoms with Crippen LogP contribution in [0.2, 0.25) is 0 Å². The van der Waals surface area contributed by atoms with Crippen LogP contribution in [-0.4, -0.2) is 44.2 Å².